The Morgan fingerprint density at radius 2 is 1.45 bits per heavy atom. The Labute approximate surface area is 181 Å². The number of ether oxygens (including phenoxy) is 1. The van der Waals surface area contributed by atoms with Crippen molar-refractivity contribution < 1.29 is 14.3 Å². The van der Waals surface area contributed by atoms with Crippen molar-refractivity contribution >= 4 is 23.2 Å². The van der Waals surface area contributed by atoms with Crippen LogP contribution in [0.4, 0.5) is 11.4 Å². The molecule has 0 saturated carbocycles. The second-order valence-electron chi connectivity index (χ2n) is 7.29. The first-order chi connectivity index (χ1) is 15.2. The smallest absolute Gasteiger partial charge is 0.251 e. The number of hydrogen-bond donors (Lipinski definition) is 2. The van der Waals surface area contributed by atoms with E-state index in [0.717, 1.165) is 35.6 Å². The van der Waals surface area contributed by atoms with Crippen LogP contribution in [0.25, 0.3) is 11.1 Å². The minimum Gasteiger partial charge on any atom is -0.378 e. The summed E-state index contributed by atoms with van der Waals surface area (Å²) in [4.78, 5) is 27.1. The van der Waals surface area contributed by atoms with E-state index in [1.165, 1.54) is 0 Å². The number of rotatable bonds is 6. The van der Waals surface area contributed by atoms with Crippen molar-refractivity contribution in [2.45, 2.75) is 0 Å². The number of nitrogens with one attached hydrogen (secondary N) is 2. The van der Waals surface area contributed by atoms with Gasteiger partial charge in [-0.3, -0.25) is 9.59 Å². The summed E-state index contributed by atoms with van der Waals surface area (Å²) in [5.41, 5.74) is 4.33. The summed E-state index contributed by atoms with van der Waals surface area (Å²) in [6, 6.07) is 25.0. The van der Waals surface area contributed by atoms with Gasteiger partial charge in [0.1, 0.15) is 0 Å². The van der Waals surface area contributed by atoms with Gasteiger partial charge >= 0.3 is 0 Å². The summed E-state index contributed by atoms with van der Waals surface area (Å²) < 4.78 is 5.41. The summed E-state index contributed by atoms with van der Waals surface area (Å²) in [6.07, 6.45) is 0. The SMILES string of the molecule is O=C(CNC(=O)c1ccc(-c2ccccc2)cc1)Nc1ccccc1N1CCOCC1. The van der Waals surface area contributed by atoms with E-state index in [1.54, 1.807) is 12.1 Å². The molecule has 4 rings (SSSR count). The lowest BCUT2D eigenvalue weighted by Crippen LogP contribution is -2.37. The molecular formula is C25H25N3O3. The number of anilines is 2. The fourth-order valence-electron chi connectivity index (χ4n) is 3.56. The van der Waals surface area contributed by atoms with Crippen LogP contribution in [0.15, 0.2) is 78.9 Å². The molecule has 0 spiro atoms. The molecule has 6 heteroatoms. The Morgan fingerprint density at radius 3 is 2.19 bits per heavy atom. The molecule has 0 aliphatic carbocycles. The Balaban J connectivity index is 1.33. The van der Waals surface area contributed by atoms with Gasteiger partial charge in [0.25, 0.3) is 5.91 Å². The normalized spacial score (nSPS) is 13.5. The average molecular weight is 415 g/mol. The van der Waals surface area contributed by atoms with Crippen molar-refractivity contribution in [3.05, 3.63) is 84.4 Å². The molecule has 1 aliphatic heterocycles. The molecule has 0 unspecified atom stereocenters. The van der Waals surface area contributed by atoms with Gasteiger partial charge in [-0.15, -0.1) is 0 Å². The zero-order valence-electron chi connectivity index (χ0n) is 17.2. The predicted octanol–water partition coefficient (Wildman–Crippen LogP) is 3.56. The maximum absolute atomic E-state index is 12.5. The molecule has 3 aromatic rings. The fraction of sp³-hybridized carbons (Fsp3) is 0.200. The molecule has 158 valence electrons. The minimum absolute atomic E-state index is 0.100. The van der Waals surface area contributed by atoms with Crippen molar-refractivity contribution in [1.29, 1.82) is 0 Å². The number of hydrogen-bond acceptors (Lipinski definition) is 4. The maximum atomic E-state index is 12.5. The van der Waals surface area contributed by atoms with Gasteiger partial charge in [0.2, 0.25) is 5.91 Å². The number of carbonyl (C=O) groups excluding carboxylic acids is 2. The van der Waals surface area contributed by atoms with E-state index in [1.807, 2.05) is 66.7 Å². The van der Waals surface area contributed by atoms with Crippen molar-refractivity contribution in [1.82, 2.24) is 5.32 Å². The lowest BCUT2D eigenvalue weighted by Gasteiger charge is -2.30. The quantitative estimate of drug-likeness (QED) is 0.646. The topological polar surface area (TPSA) is 70.7 Å². The summed E-state index contributed by atoms with van der Waals surface area (Å²) in [5, 5.41) is 5.60. The zero-order valence-corrected chi connectivity index (χ0v) is 17.2. The van der Waals surface area contributed by atoms with Gasteiger partial charge in [0, 0.05) is 18.7 Å². The van der Waals surface area contributed by atoms with E-state index >= 15 is 0 Å². The Kier molecular flexibility index (Phi) is 6.59. The molecule has 2 N–H and O–H groups in total. The van der Waals surface area contributed by atoms with Crippen LogP contribution in [-0.4, -0.2) is 44.7 Å². The van der Waals surface area contributed by atoms with Gasteiger partial charge in [-0.2, -0.15) is 0 Å². The fourth-order valence-corrected chi connectivity index (χ4v) is 3.56. The average Bonchev–Trinajstić information content (AvgIpc) is 2.84. The van der Waals surface area contributed by atoms with Crippen LogP contribution in [0.3, 0.4) is 0 Å². The summed E-state index contributed by atoms with van der Waals surface area (Å²) in [5.74, 6) is -0.550. The molecule has 0 bridgehead atoms. The molecule has 0 radical (unpaired) electrons. The molecular weight excluding hydrogens is 390 g/mol. The standard InChI is InChI=1S/C25H25N3O3/c29-24(27-22-8-4-5-9-23(22)28-14-16-31-17-15-28)18-26-25(30)21-12-10-20(11-13-21)19-6-2-1-3-7-19/h1-13H,14-18H2,(H,26,30)(H,27,29). The number of carbonyl (C=O) groups is 2. The lowest BCUT2D eigenvalue weighted by molar-refractivity contribution is -0.115. The van der Waals surface area contributed by atoms with Crippen LogP contribution < -0.4 is 15.5 Å². The number of morpholine rings is 1. The van der Waals surface area contributed by atoms with Crippen LogP contribution in [0.2, 0.25) is 0 Å². The molecule has 0 atom stereocenters. The largest absolute Gasteiger partial charge is 0.378 e. The Hall–Kier alpha value is -3.64. The highest BCUT2D eigenvalue weighted by Crippen LogP contribution is 2.26. The first kappa shape index (κ1) is 20.6. The summed E-state index contributed by atoms with van der Waals surface area (Å²) in [7, 11) is 0. The van der Waals surface area contributed by atoms with Gasteiger partial charge < -0.3 is 20.3 Å². The second kappa shape index (κ2) is 9.91. The first-order valence-electron chi connectivity index (χ1n) is 10.4. The first-order valence-corrected chi connectivity index (χ1v) is 10.4. The third-order valence-electron chi connectivity index (χ3n) is 5.19. The van der Waals surface area contributed by atoms with Gasteiger partial charge in [0.05, 0.1) is 31.1 Å². The number of amides is 2. The minimum atomic E-state index is -0.281. The van der Waals surface area contributed by atoms with E-state index in [9.17, 15) is 9.59 Å². The summed E-state index contributed by atoms with van der Waals surface area (Å²) >= 11 is 0. The molecule has 3 aromatic carbocycles. The van der Waals surface area contributed by atoms with Gasteiger partial charge in [-0.25, -0.2) is 0 Å². The van der Waals surface area contributed by atoms with Crippen LogP contribution in [0.5, 0.6) is 0 Å². The highest BCUT2D eigenvalue weighted by atomic mass is 16.5. The van der Waals surface area contributed by atoms with E-state index < -0.39 is 0 Å². The zero-order chi connectivity index (χ0) is 21.5. The third kappa shape index (κ3) is 5.29. The van der Waals surface area contributed by atoms with Crippen LogP contribution >= 0.6 is 0 Å². The molecule has 2 amide bonds. The van der Waals surface area contributed by atoms with Crippen molar-refractivity contribution in [3.63, 3.8) is 0 Å². The molecule has 0 aromatic heterocycles. The lowest BCUT2D eigenvalue weighted by atomic mass is 10.0. The highest BCUT2D eigenvalue weighted by Gasteiger charge is 2.16. The van der Waals surface area contributed by atoms with Gasteiger partial charge in [0.15, 0.2) is 0 Å². The van der Waals surface area contributed by atoms with Gasteiger partial charge in [-0.1, -0.05) is 54.6 Å². The molecule has 1 heterocycles. The van der Waals surface area contributed by atoms with Crippen molar-refractivity contribution in [3.8, 4) is 11.1 Å². The van der Waals surface area contributed by atoms with E-state index in [-0.39, 0.29) is 18.4 Å². The van der Waals surface area contributed by atoms with Crippen LogP contribution in [0.1, 0.15) is 10.4 Å². The van der Waals surface area contributed by atoms with Crippen molar-refractivity contribution in [2.24, 2.45) is 0 Å². The highest BCUT2D eigenvalue weighted by molar-refractivity contribution is 6.00. The monoisotopic (exact) mass is 415 g/mol. The number of para-hydroxylation sites is 2. The number of nitrogens with zero attached hydrogens (tertiary/aromatic N) is 1. The Morgan fingerprint density at radius 1 is 0.806 bits per heavy atom. The van der Waals surface area contributed by atoms with E-state index in [4.69, 9.17) is 4.74 Å². The van der Waals surface area contributed by atoms with Crippen LogP contribution in [0, 0.1) is 0 Å². The molecule has 1 fully saturated rings. The van der Waals surface area contributed by atoms with E-state index in [2.05, 4.69) is 15.5 Å². The predicted molar refractivity (Wildman–Crippen MR) is 122 cm³/mol. The second-order valence-corrected chi connectivity index (χ2v) is 7.29. The molecule has 1 aliphatic rings. The Bertz CT molecular complexity index is 1030. The molecule has 6 nitrogen and oxygen atoms in total. The summed E-state index contributed by atoms with van der Waals surface area (Å²) in [6.45, 7) is 2.80. The molecule has 31 heavy (non-hydrogen) atoms. The van der Waals surface area contributed by atoms with Crippen molar-refractivity contribution in [2.75, 3.05) is 43.1 Å². The van der Waals surface area contributed by atoms with Crippen LogP contribution in [-0.2, 0) is 9.53 Å². The molecule has 1 saturated heterocycles. The maximum Gasteiger partial charge on any atom is 0.251 e. The van der Waals surface area contributed by atoms with E-state index in [0.29, 0.717) is 18.8 Å². The number of benzene rings is 3. The third-order valence-corrected chi connectivity index (χ3v) is 5.19. The van der Waals surface area contributed by atoms with Gasteiger partial charge in [-0.05, 0) is 35.4 Å².